The van der Waals surface area contributed by atoms with Crippen LogP contribution in [0, 0.1) is 6.92 Å². The van der Waals surface area contributed by atoms with E-state index in [-0.39, 0.29) is 18.4 Å². The molecule has 0 fully saturated rings. The molecule has 0 aliphatic carbocycles. The van der Waals surface area contributed by atoms with Crippen molar-refractivity contribution in [1.29, 1.82) is 0 Å². The van der Waals surface area contributed by atoms with Gasteiger partial charge >= 0.3 is 0 Å². The first-order valence-electron chi connectivity index (χ1n) is 10.3. The van der Waals surface area contributed by atoms with Gasteiger partial charge in [0.1, 0.15) is 11.5 Å². The van der Waals surface area contributed by atoms with Crippen LogP contribution in [0.5, 0.6) is 5.75 Å². The topological polar surface area (TPSA) is 76.7 Å². The molecule has 0 aliphatic rings. The Balaban J connectivity index is 1.86. The Morgan fingerprint density at radius 1 is 1.17 bits per heavy atom. The van der Waals surface area contributed by atoms with Gasteiger partial charge in [0.05, 0.1) is 18.4 Å². The number of nitrogens with zero attached hydrogens (tertiary/aromatic N) is 2. The van der Waals surface area contributed by atoms with E-state index in [9.17, 15) is 9.59 Å². The number of fused-ring (bicyclic) bond motifs is 1. The van der Waals surface area contributed by atoms with Crippen LogP contribution in [0.4, 0.5) is 0 Å². The molecule has 0 aliphatic heterocycles. The van der Waals surface area contributed by atoms with Crippen molar-refractivity contribution in [2.45, 2.75) is 40.8 Å². The molecule has 0 saturated heterocycles. The second-order valence-corrected chi connectivity index (χ2v) is 7.00. The maximum absolute atomic E-state index is 13.0. The maximum Gasteiger partial charge on any atom is 0.260 e. The summed E-state index contributed by atoms with van der Waals surface area (Å²) in [4.78, 5) is 27.0. The number of hydrogen-bond donors (Lipinski definition) is 1. The lowest BCUT2D eigenvalue weighted by Gasteiger charge is -2.18. The molecule has 30 heavy (non-hydrogen) atoms. The van der Waals surface area contributed by atoms with Crippen LogP contribution in [-0.4, -0.2) is 41.0 Å². The number of furan rings is 1. The lowest BCUT2D eigenvalue weighted by Crippen LogP contribution is -2.34. The van der Waals surface area contributed by atoms with Gasteiger partial charge in [-0.1, -0.05) is 0 Å². The number of benzene rings is 1. The van der Waals surface area contributed by atoms with Gasteiger partial charge in [0.15, 0.2) is 6.61 Å². The lowest BCUT2D eigenvalue weighted by atomic mass is 10.1. The molecule has 2 heterocycles. The van der Waals surface area contributed by atoms with Crippen molar-refractivity contribution in [3.8, 4) is 5.75 Å². The van der Waals surface area contributed by atoms with Gasteiger partial charge in [-0.15, -0.1) is 0 Å². The number of aromatic nitrogens is 1. The highest BCUT2D eigenvalue weighted by atomic mass is 16.5. The molecule has 7 heteroatoms. The third-order valence-corrected chi connectivity index (χ3v) is 5.32. The molecule has 0 atom stereocenters. The number of carbonyl (C=O) groups excluding carboxylic acids is 2. The molecule has 1 N–H and O–H groups in total. The zero-order valence-electron chi connectivity index (χ0n) is 18.0. The van der Waals surface area contributed by atoms with E-state index in [4.69, 9.17) is 9.15 Å². The fourth-order valence-corrected chi connectivity index (χ4v) is 3.73. The number of likely N-dealkylation sites (N-methyl/N-ethyl adjacent to an activating group) is 1. The number of ether oxygens (including phenoxy) is 1. The molecular weight excluding hydrogens is 382 g/mol. The lowest BCUT2D eigenvalue weighted by molar-refractivity contribution is -0.132. The number of aryl methyl sites for hydroxylation is 1. The van der Waals surface area contributed by atoms with E-state index in [0.717, 1.165) is 23.1 Å². The third kappa shape index (κ3) is 4.35. The Morgan fingerprint density at radius 3 is 2.57 bits per heavy atom. The Hall–Kier alpha value is -3.22. The minimum Gasteiger partial charge on any atom is -0.484 e. The summed E-state index contributed by atoms with van der Waals surface area (Å²) < 4.78 is 13.1. The van der Waals surface area contributed by atoms with Crippen LogP contribution in [0.2, 0.25) is 0 Å². The van der Waals surface area contributed by atoms with E-state index >= 15 is 0 Å². The largest absolute Gasteiger partial charge is 0.484 e. The van der Waals surface area contributed by atoms with Crippen LogP contribution >= 0.6 is 0 Å². The summed E-state index contributed by atoms with van der Waals surface area (Å²) in [5.74, 6) is 1.03. The number of amides is 2. The van der Waals surface area contributed by atoms with Crippen molar-refractivity contribution < 1.29 is 18.7 Å². The van der Waals surface area contributed by atoms with Crippen LogP contribution in [0.15, 0.2) is 41.0 Å². The molecule has 160 valence electrons. The Labute approximate surface area is 176 Å². The molecule has 0 spiro atoms. The van der Waals surface area contributed by atoms with Gasteiger partial charge in [-0.05, 0) is 58.0 Å². The van der Waals surface area contributed by atoms with Crippen molar-refractivity contribution in [2.75, 3.05) is 19.7 Å². The van der Waals surface area contributed by atoms with Crippen LogP contribution in [0.3, 0.4) is 0 Å². The van der Waals surface area contributed by atoms with Gasteiger partial charge in [0.2, 0.25) is 0 Å². The molecule has 0 bridgehead atoms. The minimum atomic E-state index is -0.169. The molecule has 3 aromatic rings. The van der Waals surface area contributed by atoms with Gasteiger partial charge in [-0.25, -0.2) is 0 Å². The van der Waals surface area contributed by atoms with Crippen molar-refractivity contribution in [3.05, 3.63) is 53.6 Å². The number of nitrogens with one attached hydrogen (secondary N) is 1. The second kappa shape index (κ2) is 9.52. The van der Waals surface area contributed by atoms with Crippen LogP contribution in [0.25, 0.3) is 10.9 Å². The number of hydrogen-bond acceptors (Lipinski definition) is 4. The van der Waals surface area contributed by atoms with E-state index in [2.05, 4.69) is 9.88 Å². The SMILES string of the molecule is CCN(CC)C(=O)COc1ccc2c(c1)c(C(=O)NCc1ccco1)c(C)n2CC. The first-order valence-corrected chi connectivity index (χ1v) is 10.3. The third-order valence-electron chi connectivity index (χ3n) is 5.32. The second-order valence-electron chi connectivity index (χ2n) is 7.00. The van der Waals surface area contributed by atoms with Crippen molar-refractivity contribution in [2.24, 2.45) is 0 Å². The van der Waals surface area contributed by atoms with Gasteiger partial charge in [0.25, 0.3) is 11.8 Å². The van der Waals surface area contributed by atoms with E-state index in [1.165, 1.54) is 0 Å². The highest BCUT2D eigenvalue weighted by molar-refractivity contribution is 6.08. The summed E-state index contributed by atoms with van der Waals surface area (Å²) in [5, 5.41) is 3.73. The first-order chi connectivity index (χ1) is 14.5. The highest BCUT2D eigenvalue weighted by Crippen LogP contribution is 2.29. The van der Waals surface area contributed by atoms with E-state index in [1.54, 1.807) is 17.2 Å². The number of carbonyl (C=O) groups is 2. The Morgan fingerprint density at radius 2 is 1.93 bits per heavy atom. The van der Waals surface area contributed by atoms with Gasteiger partial charge in [-0.2, -0.15) is 0 Å². The molecule has 1 aromatic carbocycles. The van der Waals surface area contributed by atoms with E-state index < -0.39 is 0 Å². The fraction of sp³-hybridized carbons (Fsp3) is 0.391. The minimum absolute atomic E-state index is 0.0271. The molecule has 2 amide bonds. The summed E-state index contributed by atoms with van der Waals surface area (Å²) in [6.07, 6.45) is 1.58. The molecule has 2 aromatic heterocycles. The summed E-state index contributed by atoms with van der Waals surface area (Å²) >= 11 is 0. The summed E-state index contributed by atoms with van der Waals surface area (Å²) in [6.45, 7) is 10.2. The number of rotatable bonds is 9. The van der Waals surface area contributed by atoms with E-state index in [1.807, 2.05) is 52.0 Å². The van der Waals surface area contributed by atoms with Crippen molar-refractivity contribution >= 4 is 22.7 Å². The summed E-state index contributed by atoms with van der Waals surface area (Å²) in [7, 11) is 0. The van der Waals surface area contributed by atoms with Crippen molar-refractivity contribution in [3.63, 3.8) is 0 Å². The van der Waals surface area contributed by atoms with Crippen LogP contribution in [0.1, 0.15) is 42.6 Å². The molecule has 0 saturated carbocycles. The van der Waals surface area contributed by atoms with Crippen molar-refractivity contribution in [1.82, 2.24) is 14.8 Å². The summed E-state index contributed by atoms with van der Waals surface area (Å²) in [5.41, 5.74) is 2.46. The van der Waals surface area contributed by atoms with Crippen LogP contribution < -0.4 is 10.1 Å². The Kier molecular flexibility index (Phi) is 6.82. The standard InChI is InChI=1S/C23H29N3O4/c1-5-25(6-2)21(27)15-30-17-10-11-20-19(13-17)22(16(4)26(20)7-3)23(28)24-14-18-9-8-12-29-18/h8-13H,5-7,14-15H2,1-4H3,(H,24,28). The Bertz CT molecular complexity index is 1020. The van der Waals surface area contributed by atoms with Gasteiger partial charge in [-0.3, -0.25) is 9.59 Å². The molecule has 7 nitrogen and oxygen atoms in total. The molecule has 3 rings (SSSR count). The highest BCUT2D eigenvalue weighted by Gasteiger charge is 2.20. The zero-order valence-corrected chi connectivity index (χ0v) is 18.0. The fourth-order valence-electron chi connectivity index (χ4n) is 3.73. The predicted octanol–water partition coefficient (Wildman–Crippen LogP) is 3.74. The molecule has 0 radical (unpaired) electrons. The van der Waals surface area contributed by atoms with Gasteiger partial charge in [0, 0.05) is 36.2 Å². The average molecular weight is 412 g/mol. The predicted molar refractivity (Wildman–Crippen MR) is 116 cm³/mol. The molecule has 0 unspecified atom stereocenters. The zero-order chi connectivity index (χ0) is 21.7. The van der Waals surface area contributed by atoms with Gasteiger partial charge < -0.3 is 23.9 Å². The smallest absolute Gasteiger partial charge is 0.260 e. The first kappa shape index (κ1) is 21.5. The summed E-state index contributed by atoms with van der Waals surface area (Å²) in [6, 6.07) is 9.23. The normalized spacial score (nSPS) is 10.9. The molecular formula is C23H29N3O4. The quantitative estimate of drug-likeness (QED) is 0.582. The average Bonchev–Trinajstić information content (AvgIpc) is 3.36. The van der Waals surface area contributed by atoms with Crippen LogP contribution in [-0.2, 0) is 17.9 Å². The monoisotopic (exact) mass is 411 g/mol. The van der Waals surface area contributed by atoms with E-state index in [0.29, 0.717) is 36.7 Å². The maximum atomic E-state index is 13.0.